The summed E-state index contributed by atoms with van der Waals surface area (Å²) in [6.07, 6.45) is 17.8. The third-order valence-corrected chi connectivity index (χ3v) is 6.10. The summed E-state index contributed by atoms with van der Waals surface area (Å²) in [5, 5.41) is 9.83. The molecule has 1 atom stereocenters. The second kappa shape index (κ2) is 8.02. The largest absolute Gasteiger partial charge is 0.197 e. The van der Waals surface area contributed by atoms with Crippen LogP contribution >= 0.6 is 0 Å². The molecule has 1 nitrogen and oxygen atoms in total. The number of nitrogens with zero attached hydrogens (tertiary/aromatic N) is 1. The van der Waals surface area contributed by atoms with Crippen molar-refractivity contribution in [3.8, 4) is 6.07 Å². The molecule has 0 radical (unpaired) electrons. The maximum Gasteiger partial charge on any atom is 0.0782 e. The first-order valence-corrected chi connectivity index (χ1v) is 9.34. The predicted octanol–water partition coefficient (Wildman–Crippen LogP) is 6.40. The van der Waals surface area contributed by atoms with E-state index in [4.69, 9.17) is 0 Å². The van der Waals surface area contributed by atoms with Crippen LogP contribution in [0.4, 0.5) is 0 Å². The molecule has 2 aliphatic rings. The van der Waals surface area contributed by atoms with E-state index in [1.54, 1.807) is 0 Å². The van der Waals surface area contributed by atoms with Gasteiger partial charge in [0.15, 0.2) is 0 Å². The Balaban J connectivity index is 1.90. The van der Waals surface area contributed by atoms with Crippen LogP contribution in [-0.2, 0) is 0 Å². The van der Waals surface area contributed by atoms with E-state index in [0.717, 1.165) is 24.7 Å². The Morgan fingerprint density at radius 3 is 2.43 bits per heavy atom. The van der Waals surface area contributed by atoms with Gasteiger partial charge in [0.05, 0.1) is 11.5 Å². The molecule has 0 amide bonds. The van der Waals surface area contributed by atoms with E-state index in [9.17, 15) is 5.26 Å². The van der Waals surface area contributed by atoms with Gasteiger partial charge in [-0.05, 0) is 56.8 Å². The zero-order valence-electron chi connectivity index (χ0n) is 14.2. The van der Waals surface area contributed by atoms with Gasteiger partial charge in [-0.15, -0.1) is 0 Å². The molecule has 0 aromatic heterocycles. The third-order valence-electron chi connectivity index (χ3n) is 6.10. The Morgan fingerprint density at radius 2 is 1.90 bits per heavy atom. The summed E-state index contributed by atoms with van der Waals surface area (Å²) < 4.78 is 0. The Bertz CT molecular complexity index is 379. The highest BCUT2D eigenvalue weighted by Crippen LogP contribution is 2.48. The molecule has 2 rings (SSSR count). The third kappa shape index (κ3) is 4.12. The molecule has 1 fully saturated rings. The molecule has 0 heterocycles. The van der Waals surface area contributed by atoms with E-state index in [1.807, 2.05) is 0 Å². The monoisotopic (exact) mass is 287 g/mol. The molecule has 0 spiro atoms. The molecule has 1 unspecified atom stereocenters. The van der Waals surface area contributed by atoms with Crippen molar-refractivity contribution in [1.82, 2.24) is 0 Å². The van der Waals surface area contributed by atoms with Crippen LogP contribution in [0.1, 0.15) is 90.9 Å². The average molecular weight is 287 g/mol. The van der Waals surface area contributed by atoms with Gasteiger partial charge >= 0.3 is 0 Å². The van der Waals surface area contributed by atoms with Crippen molar-refractivity contribution >= 4 is 0 Å². The van der Waals surface area contributed by atoms with Gasteiger partial charge in [0.2, 0.25) is 0 Å². The molecule has 0 N–H and O–H groups in total. The van der Waals surface area contributed by atoms with E-state index >= 15 is 0 Å². The van der Waals surface area contributed by atoms with Gasteiger partial charge in [-0.2, -0.15) is 5.26 Å². The van der Waals surface area contributed by atoms with E-state index in [2.05, 4.69) is 26.0 Å². The van der Waals surface area contributed by atoms with Gasteiger partial charge in [-0.3, -0.25) is 0 Å². The minimum atomic E-state index is -0.0834. The van der Waals surface area contributed by atoms with Crippen LogP contribution in [0.25, 0.3) is 0 Å². The summed E-state index contributed by atoms with van der Waals surface area (Å²) in [6.45, 7) is 4.58. The van der Waals surface area contributed by atoms with Crippen LogP contribution < -0.4 is 0 Å². The van der Waals surface area contributed by atoms with Crippen LogP contribution in [0, 0.1) is 28.6 Å². The molecular weight excluding hydrogens is 254 g/mol. The first-order valence-electron chi connectivity index (χ1n) is 9.34. The zero-order valence-corrected chi connectivity index (χ0v) is 14.2. The fraction of sp³-hybridized carbons (Fsp3) is 0.850. The topological polar surface area (TPSA) is 23.8 Å². The van der Waals surface area contributed by atoms with E-state index < -0.39 is 0 Å². The van der Waals surface area contributed by atoms with Gasteiger partial charge in [0.25, 0.3) is 0 Å². The Labute approximate surface area is 131 Å². The Hall–Kier alpha value is -0.770. The first kappa shape index (κ1) is 16.6. The van der Waals surface area contributed by atoms with Crippen molar-refractivity contribution in [3.05, 3.63) is 11.6 Å². The van der Waals surface area contributed by atoms with Crippen molar-refractivity contribution in [2.75, 3.05) is 0 Å². The normalized spacial score (nSPS) is 33.3. The number of unbranched alkanes of at least 4 members (excludes halogenated alkanes) is 2. The lowest BCUT2D eigenvalue weighted by molar-refractivity contribution is 0.222. The summed E-state index contributed by atoms with van der Waals surface area (Å²) in [4.78, 5) is 0. The highest BCUT2D eigenvalue weighted by atomic mass is 14.4. The van der Waals surface area contributed by atoms with E-state index in [1.165, 1.54) is 69.8 Å². The minimum absolute atomic E-state index is 0.0834. The average Bonchev–Trinajstić information content (AvgIpc) is 2.56. The maximum atomic E-state index is 9.83. The number of nitriles is 1. The fourth-order valence-electron chi connectivity index (χ4n) is 4.34. The van der Waals surface area contributed by atoms with Crippen molar-refractivity contribution in [2.24, 2.45) is 17.3 Å². The predicted molar refractivity (Wildman–Crippen MR) is 89.9 cm³/mol. The lowest BCUT2D eigenvalue weighted by atomic mass is 9.64. The summed E-state index contributed by atoms with van der Waals surface area (Å²) in [7, 11) is 0. The van der Waals surface area contributed by atoms with Crippen LogP contribution in [-0.4, -0.2) is 0 Å². The summed E-state index contributed by atoms with van der Waals surface area (Å²) in [6, 6.07) is 2.74. The zero-order chi connectivity index (χ0) is 15.1. The summed E-state index contributed by atoms with van der Waals surface area (Å²) in [5.41, 5.74) is 1.42. The molecule has 0 aromatic carbocycles. The van der Waals surface area contributed by atoms with E-state index in [0.29, 0.717) is 0 Å². The first-order chi connectivity index (χ1) is 10.2. The Morgan fingerprint density at radius 1 is 1.14 bits per heavy atom. The molecule has 21 heavy (non-hydrogen) atoms. The molecule has 0 aromatic rings. The standard InChI is InChI=1S/C20H33N/c1-3-5-6-7-18-12-14-20(16-21,15-13-18)19-10-8-17(4-2)9-11-19/h10,17-18H,3-9,11-15H2,1-2H3. The molecule has 1 heteroatoms. The van der Waals surface area contributed by atoms with Gasteiger partial charge < -0.3 is 0 Å². The van der Waals surface area contributed by atoms with Crippen molar-refractivity contribution < 1.29 is 0 Å². The molecule has 0 aliphatic heterocycles. The second-order valence-electron chi connectivity index (χ2n) is 7.41. The van der Waals surface area contributed by atoms with Crippen LogP contribution in [0.3, 0.4) is 0 Å². The van der Waals surface area contributed by atoms with Gasteiger partial charge in [-0.25, -0.2) is 0 Å². The van der Waals surface area contributed by atoms with Crippen molar-refractivity contribution in [3.63, 3.8) is 0 Å². The number of hydrogen-bond donors (Lipinski definition) is 0. The molecular formula is C20H33N. The quantitative estimate of drug-likeness (QED) is 0.409. The van der Waals surface area contributed by atoms with Gasteiger partial charge in [0, 0.05) is 0 Å². The van der Waals surface area contributed by atoms with Gasteiger partial charge in [-0.1, -0.05) is 57.6 Å². The summed E-state index contributed by atoms with van der Waals surface area (Å²) in [5.74, 6) is 1.76. The van der Waals surface area contributed by atoms with Crippen LogP contribution in [0.2, 0.25) is 0 Å². The Kier molecular flexibility index (Phi) is 6.34. The number of hydrogen-bond acceptors (Lipinski definition) is 1. The maximum absolute atomic E-state index is 9.83. The highest BCUT2D eigenvalue weighted by molar-refractivity contribution is 5.26. The molecule has 0 bridgehead atoms. The highest BCUT2D eigenvalue weighted by Gasteiger charge is 2.39. The molecule has 2 aliphatic carbocycles. The fourth-order valence-corrected chi connectivity index (χ4v) is 4.34. The number of allylic oxidation sites excluding steroid dienone is 2. The van der Waals surface area contributed by atoms with Crippen molar-refractivity contribution in [2.45, 2.75) is 90.9 Å². The minimum Gasteiger partial charge on any atom is -0.197 e. The lowest BCUT2D eigenvalue weighted by Crippen LogP contribution is -2.29. The smallest absolute Gasteiger partial charge is 0.0782 e. The number of rotatable bonds is 6. The molecule has 118 valence electrons. The lowest BCUT2D eigenvalue weighted by Gasteiger charge is -2.39. The van der Waals surface area contributed by atoms with Gasteiger partial charge in [0.1, 0.15) is 0 Å². The second-order valence-corrected chi connectivity index (χ2v) is 7.41. The molecule has 0 saturated heterocycles. The van der Waals surface area contributed by atoms with Crippen molar-refractivity contribution in [1.29, 1.82) is 5.26 Å². The van der Waals surface area contributed by atoms with E-state index in [-0.39, 0.29) is 5.41 Å². The van der Waals surface area contributed by atoms with Crippen LogP contribution in [0.5, 0.6) is 0 Å². The summed E-state index contributed by atoms with van der Waals surface area (Å²) >= 11 is 0. The SMILES string of the molecule is CCCCCC1CCC(C#N)(C2=CCC(CC)CC2)CC1. The van der Waals surface area contributed by atoms with Crippen LogP contribution in [0.15, 0.2) is 11.6 Å². The molecule has 1 saturated carbocycles.